The van der Waals surface area contributed by atoms with Gasteiger partial charge in [0.05, 0.1) is 6.54 Å². The third-order valence-corrected chi connectivity index (χ3v) is 3.77. The summed E-state index contributed by atoms with van der Waals surface area (Å²) in [5.74, 6) is 1.01. The minimum absolute atomic E-state index is 0.124. The molecule has 0 saturated heterocycles. The van der Waals surface area contributed by atoms with Gasteiger partial charge in [0.1, 0.15) is 18.2 Å². The Labute approximate surface area is 165 Å². The topological polar surface area (TPSA) is 74.8 Å². The average molecular weight is 386 g/mol. The van der Waals surface area contributed by atoms with Crippen LogP contribution in [-0.4, -0.2) is 38.1 Å². The van der Waals surface area contributed by atoms with Crippen LogP contribution in [0.2, 0.25) is 0 Å². The summed E-state index contributed by atoms with van der Waals surface area (Å²) in [6.07, 6.45) is 0.537. The first-order valence-corrected chi connectivity index (χ1v) is 9.34. The van der Waals surface area contributed by atoms with E-state index in [0.717, 1.165) is 6.54 Å². The van der Waals surface area contributed by atoms with Crippen molar-refractivity contribution < 1.29 is 13.9 Å². The van der Waals surface area contributed by atoms with Gasteiger partial charge in [0.2, 0.25) is 5.91 Å². The largest absolute Gasteiger partial charge is 0.492 e. The first-order chi connectivity index (χ1) is 13.6. The van der Waals surface area contributed by atoms with E-state index in [9.17, 15) is 9.18 Å². The summed E-state index contributed by atoms with van der Waals surface area (Å²) < 4.78 is 19.4. The molecule has 0 fully saturated rings. The van der Waals surface area contributed by atoms with E-state index in [1.807, 2.05) is 25.1 Å². The Morgan fingerprint density at radius 3 is 2.71 bits per heavy atom. The standard InChI is InChI=1S/C21H27FN4O2/c1-3-23-21(24-12-11-17-7-4-5-10-20(17)22)25-13-14-28-19-9-6-8-18(15-19)26-16(2)27/h4-10,15H,3,11-14H2,1-2H3,(H,26,27)(H2,23,24,25). The maximum atomic E-state index is 13.7. The second-order valence-corrected chi connectivity index (χ2v) is 6.09. The maximum absolute atomic E-state index is 13.7. The molecule has 150 valence electrons. The highest BCUT2D eigenvalue weighted by atomic mass is 19.1. The number of guanidine groups is 1. The van der Waals surface area contributed by atoms with E-state index in [2.05, 4.69) is 20.9 Å². The molecule has 0 aliphatic rings. The highest BCUT2D eigenvalue weighted by molar-refractivity contribution is 5.88. The van der Waals surface area contributed by atoms with Gasteiger partial charge in [0.15, 0.2) is 5.96 Å². The zero-order valence-corrected chi connectivity index (χ0v) is 16.3. The van der Waals surface area contributed by atoms with Gasteiger partial charge in [-0.25, -0.2) is 4.39 Å². The van der Waals surface area contributed by atoms with Crippen LogP contribution in [0.15, 0.2) is 53.5 Å². The molecule has 0 atom stereocenters. The van der Waals surface area contributed by atoms with Crippen LogP contribution in [0, 0.1) is 5.82 Å². The zero-order chi connectivity index (χ0) is 20.2. The van der Waals surface area contributed by atoms with Crippen LogP contribution < -0.4 is 20.7 Å². The molecule has 0 unspecified atom stereocenters. The Bertz CT molecular complexity index is 795. The first-order valence-electron chi connectivity index (χ1n) is 9.34. The highest BCUT2D eigenvalue weighted by Crippen LogP contribution is 2.17. The Hall–Kier alpha value is -3.09. The number of halogens is 1. The molecular weight excluding hydrogens is 359 g/mol. The quantitative estimate of drug-likeness (QED) is 0.352. The van der Waals surface area contributed by atoms with Crippen LogP contribution in [0.3, 0.4) is 0 Å². The van der Waals surface area contributed by atoms with Gasteiger partial charge in [-0.15, -0.1) is 0 Å². The Morgan fingerprint density at radius 1 is 1.14 bits per heavy atom. The summed E-state index contributed by atoms with van der Waals surface area (Å²) in [4.78, 5) is 15.6. The molecule has 0 radical (unpaired) electrons. The van der Waals surface area contributed by atoms with Gasteiger partial charge in [0.25, 0.3) is 0 Å². The molecule has 28 heavy (non-hydrogen) atoms. The summed E-state index contributed by atoms with van der Waals surface area (Å²) >= 11 is 0. The Kier molecular flexibility index (Phi) is 8.78. The van der Waals surface area contributed by atoms with Crippen molar-refractivity contribution in [1.29, 1.82) is 0 Å². The zero-order valence-electron chi connectivity index (χ0n) is 16.3. The smallest absolute Gasteiger partial charge is 0.221 e. The summed E-state index contributed by atoms with van der Waals surface area (Å²) in [6, 6.07) is 14.0. The van der Waals surface area contributed by atoms with E-state index in [1.165, 1.54) is 13.0 Å². The number of ether oxygens (including phenoxy) is 1. The van der Waals surface area contributed by atoms with E-state index in [1.54, 1.807) is 24.3 Å². The molecule has 7 heteroatoms. The van der Waals surface area contributed by atoms with E-state index in [4.69, 9.17) is 4.74 Å². The van der Waals surface area contributed by atoms with Gasteiger partial charge in [-0.05, 0) is 37.1 Å². The van der Waals surface area contributed by atoms with E-state index in [0.29, 0.717) is 49.1 Å². The normalized spacial score (nSPS) is 11.0. The number of hydrogen-bond acceptors (Lipinski definition) is 3. The molecule has 0 heterocycles. The third-order valence-electron chi connectivity index (χ3n) is 3.77. The van der Waals surface area contributed by atoms with Crippen molar-refractivity contribution >= 4 is 17.6 Å². The van der Waals surface area contributed by atoms with Crippen LogP contribution in [-0.2, 0) is 11.2 Å². The second kappa shape index (κ2) is 11.6. The molecule has 0 aromatic heterocycles. The van der Waals surface area contributed by atoms with Crippen molar-refractivity contribution in [2.45, 2.75) is 20.3 Å². The number of nitrogens with zero attached hydrogens (tertiary/aromatic N) is 1. The van der Waals surface area contributed by atoms with Crippen molar-refractivity contribution in [1.82, 2.24) is 10.6 Å². The van der Waals surface area contributed by atoms with Crippen molar-refractivity contribution in [3.8, 4) is 5.75 Å². The summed E-state index contributed by atoms with van der Waals surface area (Å²) in [7, 11) is 0. The fraction of sp³-hybridized carbons (Fsp3) is 0.333. The van der Waals surface area contributed by atoms with Crippen molar-refractivity contribution in [2.24, 2.45) is 4.99 Å². The van der Waals surface area contributed by atoms with Gasteiger partial charge in [-0.3, -0.25) is 9.79 Å². The summed E-state index contributed by atoms with van der Waals surface area (Å²) in [5.41, 5.74) is 1.35. The molecule has 0 saturated carbocycles. The minimum Gasteiger partial charge on any atom is -0.492 e. The van der Waals surface area contributed by atoms with Gasteiger partial charge < -0.3 is 20.7 Å². The molecular formula is C21H27FN4O2. The number of anilines is 1. The minimum atomic E-state index is -0.203. The fourth-order valence-corrected chi connectivity index (χ4v) is 2.54. The van der Waals surface area contributed by atoms with E-state index in [-0.39, 0.29) is 11.7 Å². The number of benzene rings is 2. The van der Waals surface area contributed by atoms with E-state index < -0.39 is 0 Å². The van der Waals surface area contributed by atoms with Crippen LogP contribution in [0.1, 0.15) is 19.4 Å². The molecule has 0 spiro atoms. The molecule has 0 aliphatic carbocycles. The van der Waals surface area contributed by atoms with Crippen molar-refractivity contribution in [3.05, 3.63) is 59.9 Å². The molecule has 2 aromatic rings. The second-order valence-electron chi connectivity index (χ2n) is 6.09. The summed E-state index contributed by atoms with van der Waals surface area (Å²) in [6.45, 7) is 5.64. The molecule has 6 nitrogen and oxygen atoms in total. The predicted molar refractivity (Wildman–Crippen MR) is 110 cm³/mol. The monoisotopic (exact) mass is 386 g/mol. The first kappa shape index (κ1) is 21.2. The number of rotatable bonds is 9. The van der Waals surface area contributed by atoms with Gasteiger partial charge >= 0.3 is 0 Å². The number of carbonyl (C=O) groups is 1. The van der Waals surface area contributed by atoms with Gasteiger partial charge in [-0.1, -0.05) is 24.3 Å². The fourth-order valence-electron chi connectivity index (χ4n) is 2.54. The maximum Gasteiger partial charge on any atom is 0.221 e. The highest BCUT2D eigenvalue weighted by Gasteiger charge is 2.02. The van der Waals surface area contributed by atoms with Crippen LogP contribution >= 0.6 is 0 Å². The van der Waals surface area contributed by atoms with Crippen LogP contribution in [0.25, 0.3) is 0 Å². The number of nitrogens with one attached hydrogen (secondary N) is 3. The molecule has 0 aliphatic heterocycles. The number of aliphatic imine (C=N–C) groups is 1. The molecule has 2 rings (SSSR count). The average Bonchev–Trinajstić information content (AvgIpc) is 2.66. The lowest BCUT2D eigenvalue weighted by Crippen LogP contribution is -2.39. The van der Waals surface area contributed by atoms with E-state index >= 15 is 0 Å². The molecule has 2 aromatic carbocycles. The van der Waals surface area contributed by atoms with Crippen LogP contribution in [0.5, 0.6) is 5.75 Å². The molecule has 0 bridgehead atoms. The summed E-state index contributed by atoms with van der Waals surface area (Å²) in [5, 5.41) is 9.06. The van der Waals surface area contributed by atoms with Gasteiger partial charge in [-0.2, -0.15) is 0 Å². The van der Waals surface area contributed by atoms with Crippen molar-refractivity contribution in [3.63, 3.8) is 0 Å². The SMILES string of the molecule is CCNC(=NCCc1ccccc1F)NCCOc1cccc(NC(C)=O)c1. The van der Waals surface area contributed by atoms with Crippen LogP contribution in [0.4, 0.5) is 10.1 Å². The Morgan fingerprint density at radius 2 is 1.96 bits per heavy atom. The Balaban J connectivity index is 1.78. The third kappa shape index (κ3) is 7.65. The van der Waals surface area contributed by atoms with Gasteiger partial charge in [0, 0.05) is 31.8 Å². The number of hydrogen-bond donors (Lipinski definition) is 3. The van der Waals surface area contributed by atoms with Crippen molar-refractivity contribution in [2.75, 3.05) is 31.6 Å². The predicted octanol–water partition coefficient (Wildman–Crippen LogP) is 2.96. The lowest BCUT2D eigenvalue weighted by atomic mass is 10.1. The number of carbonyl (C=O) groups excluding carboxylic acids is 1. The molecule has 3 N–H and O–H groups in total. The number of amides is 1. The molecule has 1 amide bonds. The lowest BCUT2D eigenvalue weighted by molar-refractivity contribution is -0.114. The lowest BCUT2D eigenvalue weighted by Gasteiger charge is -2.12.